The summed E-state index contributed by atoms with van der Waals surface area (Å²) in [5.41, 5.74) is 5.42. The van der Waals surface area contributed by atoms with Crippen LogP contribution in [0.3, 0.4) is 0 Å². The van der Waals surface area contributed by atoms with E-state index >= 15 is 4.39 Å². The highest BCUT2D eigenvalue weighted by Crippen LogP contribution is 2.57. The summed E-state index contributed by atoms with van der Waals surface area (Å²) in [6, 6.07) is 14.1. The number of hydrogen-bond donors (Lipinski definition) is 1. The van der Waals surface area contributed by atoms with Gasteiger partial charge in [0, 0.05) is 43.7 Å². The van der Waals surface area contributed by atoms with Crippen molar-refractivity contribution in [3.05, 3.63) is 115 Å². The van der Waals surface area contributed by atoms with Crippen LogP contribution in [-0.4, -0.2) is 40.4 Å². The van der Waals surface area contributed by atoms with Crippen molar-refractivity contribution in [1.29, 1.82) is 0 Å². The Morgan fingerprint density at radius 2 is 1.80 bits per heavy atom. The van der Waals surface area contributed by atoms with E-state index in [0.29, 0.717) is 29.2 Å². The molecule has 1 aliphatic heterocycles. The predicted molar refractivity (Wildman–Crippen MR) is 155 cm³/mol. The van der Waals surface area contributed by atoms with Gasteiger partial charge in [-0.3, -0.25) is 23.9 Å². The topological polar surface area (TPSA) is 84.3 Å². The molecule has 1 saturated carbocycles. The molecule has 0 spiro atoms. The fraction of sp³-hybridized carbons (Fsp3) is 0.250. The number of pyridine rings is 2. The molecule has 0 saturated heterocycles. The maximum absolute atomic E-state index is 15.5. The summed E-state index contributed by atoms with van der Waals surface area (Å²) in [6.45, 7) is 4.19. The lowest BCUT2D eigenvalue weighted by Crippen LogP contribution is -2.23. The zero-order chi connectivity index (χ0) is 29.2. The molecule has 1 N–H and O–H groups in total. The normalized spacial score (nSPS) is 17.3. The summed E-state index contributed by atoms with van der Waals surface area (Å²) in [7, 11) is 3.12. The van der Waals surface area contributed by atoms with Crippen LogP contribution >= 0.6 is 11.6 Å². The Balaban J connectivity index is 1.39. The minimum absolute atomic E-state index is 0.0311. The number of aryl methyl sites for hydroxylation is 2. The number of nitrogens with one attached hydrogen (secondary N) is 1. The van der Waals surface area contributed by atoms with Gasteiger partial charge in [-0.25, -0.2) is 4.39 Å². The Kier molecular flexibility index (Phi) is 6.53. The van der Waals surface area contributed by atoms with E-state index in [2.05, 4.69) is 10.3 Å². The van der Waals surface area contributed by atoms with Gasteiger partial charge in [-0.15, -0.1) is 0 Å². The standard InChI is InChI=1S/C32H28ClFN4O3/c1-16-14-35-25(20-9-6-10-21(29(20)34)31(40)37(3)4)13-26(16)38-17(2)11-24(28(33)32(38)41)23-12-22(23)19-8-5-7-18-15-36-30(39)27(18)19/h5-11,13-14,22-23H,12,15H2,1-4H3,(H,36,39)/t22?,23-/m1/s1. The molecule has 3 heterocycles. The molecule has 2 amide bonds. The van der Waals surface area contributed by atoms with Gasteiger partial charge in [-0.2, -0.15) is 0 Å². The van der Waals surface area contributed by atoms with Crippen LogP contribution in [0.4, 0.5) is 4.39 Å². The quantitative estimate of drug-likeness (QED) is 0.342. The Hall–Kier alpha value is -4.30. The molecule has 4 aromatic rings. The van der Waals surface area contributed by atoms with Gasteiger partial charge >= 0.3 is 0 Å². The first-order chi connectivity index (χ1) is 19.6. The SMILES string of the molecule is Cc1cnc(-c2cccc(C(=O)N(C)C)c2F)cc1-n1c(C)cc([C@@H]2CC2c2cccc3c2C(=O)NC3)c(Cl)c1=O. The second-order valence-corrected chi connectivity index (χ2v) is 11.3. The summed E-state index contributed by atoms with van der Waals surface area (Å²) in [5, 5.41) is 3.02. The average molecular weight is 571 g/mol. The maximum atomic E-state index is 15.5. The van der Waals surface area contributed by atoms with Crippen LogP contribution in [0.2, 0.25) is 5.02 Å². The molecule has 2 aliphatic rings. The number of benzene rings is 2. The molecule has 0 radical (unpaired) electrons. The number of rotatable bonds is 5. The van der Waals surface area contributed by atoms with Gasteiger partial charge < -0.3 is 10.2 Å². The highest BCUT2D eigenvalue weighted by molar-refractivity contribution is 6.31. The smallest absolute Gasteiger partial charge is 0.274 e. The molecule has 208 valence electrons. The second-order valence-electron chi connectivity index (χ2n) is 10.9. The fourth-order valence-electron chi connectivity index (χ4n) is 5.84. The minimum Gasteiger partial charge on any atom is -0.348 e. The molecule has 1 fully saturated rings. The third-order valence-corrected chi connectivity index (χ3v) is 8.41. The number of fused-ring (bicyclic) bond motifs is 1. The Labute approximate surface area is 241 Å². The van der Waals surface area contributed by atoms with Gasteiger partial charge in [-0.1, -0.05) is 35.9 Å². The number of carbonyl (C=O) groups is 2. The summed E-state index contributed by atoms with van der Waals surface area (Å²) in [5.74, 6) is -1.05. The van der Waals surface area contributed by atoms with Crippen LogP contribution in [0.5, 0.6) is 0 Å². The number of aromatic nitrogens is 2. The second kappa shape index (κ2) is 9.96. The lowest BCUT2D eigenvalue weighted by Gasteiger charge is -2.17. The van der Waals surface area contributed by atoms with Crippen molar-refractivity contribution in [2.24, 2.45) is 0 Å². The number of hydrogen-bond acceptors (Lipinski definition) is 4. The Bertz CT molecular complexity index is 1830. The molecule has 7 nitrogen and oxygen atoms in total. The van der Waals surface area contributed by atoms with E-state index in [0.717, 1.165) is 28.7 Å². The van der Waals surface area contributed by atoms with Crippen molar-refractivity contribution in [2.75, 3.05) is 14.1 Å². The average Bonchev–Trinajstić information content (AvgIpc) is 3.66. The van der Waals surface area contributed by atoms with Gasteiger partial charge in [0.25, 0.3) is 17.4 Å². The summed E-state index contributed by atoms with van der Waals surface area (Å²) >= 11 is 6.74. The van der Waals surface area contributed by atoms with Gasteiger partial charge in [0.05, 0.1) is 16.9 Å². The van der Waals surface area contributed by atoms with E-state index in [-0.39, 0.29) is 39.5 Å². The number of carbonyl (C=O) groups excluding carboxylic acids is 2. The third kappa shape index (κ3) is 4.43. The first-order valence-electron chi connectivity index (χ1n) is 13.4. The first-order valence-corrected chi connectivity index (χ1v) is 13.8. The largest absolute Gasteiger partial charge is 0.348 e. The van der Waals surface area contributed by atoms with Crippen LogP contribution in [0.25, 0.3) is 16.9 Å². The van der Waals surface area contributed by atoms with Crippen LogP contribution in [0.15, 0.2) is 59.5 Å². The van der Waals surface area contributed by atoms with Crippen molar-refractivity contribution < 1.29 is 14.0 Å². The predicted octanol–water partition coefficient (Wildman–Crippen LogP) is 5.53. The van der Waals surface area contributed by atoms with Crippen LogP contribution in [0.1, 0.15) is 66.9 Å². The van der Waals surface area contributed by atoms with E-state index in [1.165, 1.54) is 15.5 Å². The van der Waals surface area contributed by atoms with Crippen molar-refractivity contribution in [1.82, 2.24) is 19.8 Å². The molecule has 1 unspecified atom stereocenters. The molecule has 2 aromatic heterocycles. The lowest BCUT2D eigenvalue weighted by atomic mass is 9.97. The molecular weight excluding hydrogens is 543 g/mol. The van der Waals surface area contributed by atoms with E-state index in [1.54, 1.807) is 38.5 Å². The molecule has 41 heavy (non-hydrogen) atoms. The molecule has 9 heteroatoms. The van der Waals surface area contributed by atoms with Crippen LogP contribution < -0.4 is 10.9 Å². The Morgan fingerprint density at radius 1 is 1.07 bits per heavy atom. The van der Waals surface area contributed by atoms with Crippen molar-refractivity contribution in [2.45, 2.75) is 38.6 Å². The van der Waals surface area contributed by atoms with Gasteiger partial charge in [0.2, 0.25) is 0 Å². The lowest BCUT2D eigenvalue weighted by molar-refractivity contribution is 0.0822. The van der Waals surface area contributed by atoms with Crippen LogP contribution in [-0.2, 0) is 6.54 Å². The number of nitrogens with zero attached hydrogens (tertiary/aromatic N) is 3. The number of halogens is 2. The summed E-state index contributed by atoms with van der Waals surface area (Å²) in [6.07, 6.45) is 2.38. The Morgan fingerprint density at radius 3 is 2.56 bits per heavy atom. The molecule has 2 aromatic carbocycles. The maximum Gasteiger partial charge on any atom is 0.274 e. The number of amides is 2. The zero-order valence-corrected chi connectivity index (χ0v) is 23.8. The highest BCUT2D eigenvalue weighted by atomic mass is 35.5. The van der Waals surface area contributed by atoms with Gasteiger partial charge in [0.1, 0.15) is 10.8 Å². The molecule has 0 bridgehead atoms. The van der Waals surface area contributed by atoms with Gasteiger partial charge in [-0.05, 0) is 78.6 Å². The highest BCUT2D eigenvalue weighted by Gasteiger charge is 2.44. The van der Waals surface area contributed by atoms with E-state index < -0.39 is 11.7 Å². The van der Waals surface area contributed by atoms with E-state index in [9.17, 15) is 14.4 Å². The van der Waals surface area contributed by atoms with Crippen molar-refractivity contribution in [3.8, 4) is 16.9 Å². The van der Waals surface area contributed by atoms with Crippen molar-refractivity contribution >= 4 is 23.4 Å². The van der Waals surface area contributed by atoms with E-state index in [1.807, 2.05) is 38.1 Å². The monoisotopic (exact) mass is 570 g/mol. The molecular formula is C32H28ClFN4O3. The van der Waals surface area contributed by atoms with Crippen LogP contribution in [0, 0.1) is 19.7 Å². The minimum atomic E-state index is -0.674. The van der Waals surface area contributed by atoms with Gasteiger partial charge in [0.15, 0.2) is 0 Å². The fourth-order valence-corrected chi connectivity index (χ4v) is 6.12. The molecule has 6 rings (SSSR count). The zero-order valence-electron chi connectivity index (χ0n) is 23.1. The molecule has 2 atom stereocenters. The van der Waals surface area contributed by atoms with E-state index in [4.69, 9.17) is 11.6 Å². The summed E-state index contributed by atoms with van der Waals surface area (Å²) < 4.78 is 17.0. The first kappa shape index (κ1) is 26.9. The summed E-state index contributed by atoms with van der Waals surface area (Å²) in [4.78, 5) is 44.4. The van der Waals surface area contributed by atoms with Crippen molar-refractivity contribution in [3.63, 3.8) is 0 Å². The third-order valence-electron chi connectivity index (χ3n) is 8.03. The molecule has 1 aliphatic carbocycles.